The van der Waals surface area contributed by atoms with Crippen LogP contribution in [0.1, 0.15) is 55.8 Å². The quantitative estimate of drug-likeness (QED) is 0.835. The molecule has 2 aliphatic rings. The van der Waals surface area contributed by atoms with Gasteiger partial charge < -0.3 is 10.6 Å². The number of piperidine rings is 1. The van der Waals surface area contributed by atoms with Crippen molar-refractivity contribution in [3.63, 3.8) is 0 Å². The minimum Gasteiger partial charge on any atom is -0.342 e. The highest BCUT2D eigenvalue weighted by molar-refractivity contribution is 5.98. The number of carbonyl (C=O) groups is 2. The molecule has 1 saturated heterocycles. The molecule has 2 N–H and O–H groups in total. The van der Waals surface area contributed by atoms with Gasteiger partial charge in [0.25, 0.3) is 0 Å². The number of Topliss-reactive ketones (excluding diaryl/α,β-unsaturated/α-hetero) is 1. The van der Waals surface area contributed by atoms with E-state index in [0.717, 1.165) is 44.1 Å². The Morgan fingerprint density at radius 3 is 2.32 bits per heavy atom. The molecule has 1 aliphatic carbocycles. The third kappa shape index (κ3) is 4.42. The Hall–Kier alpha value is -1.39. The Morgan fingerprint density at radius 2 is 1.72 bits per heavy atom. The lowest BCUT2D eigenvalue weighted by Crippen LogP contribution is -2.55. The normalized spacial score (nSPS) is 27.4. The molecule has 0 radical (unpaired) electrons. The summed E-state index contributed by atoms with van der Waals surface area (Å²) >= 11 is 0. The van der Waals surface area contributed by atoms with Crippen molar-refractivity contribution in [1.82, 2.24) is 4.90 Å². The summed E-state index contributed by atoms with van der Waals surface area (Å²) in [5.41, 5.74) is 6.78. The number of nitrogens with zero attached hydrogens (tertiary/aromatic N) is 1. The molecular formula is C20H29ClN2O2. The maximum atomic E-state index is 12.9. The smallest absolute Gasteiger partial charge is 0.227 e. The van der Waals surface area contributed by atoms with Gasteiger partial charge in [0, 0.05) is 30.1 Å². The van der Waals surface area contributed by atoms with Gasteiger partial charge in [0.15, 0.2) is 5.78 Å². The molecule has 25 heavy (non-hydrogen) atoms. The molecule has 1 aromatic carbocycles. The number of rotatable bonds is 3. The molecule has 138 valence electrons. The monoisotopic (exact) mass is 364 g/mol. The number of likely N-dealkylation sites (tertiary alicyclic amines) is 1. The summed E-state index contributed by atoms with van der Waals surface area (Å²) in [6, 6.07) is 9.48. The van der Waals surface area contributed by atoms with E-state index < -0.39 is 0 Å². The number of benzene rings is 1. The number of halogens is 1. The summed E-state index contributed by atoms with van der Waals surface area (Å²) in [7, 11) is 0. The van der Waals surface area contributed by atoms with E-state index >= 15 is 0 Å². The van der Waals surface area contributed by atoms with Crippen LogP contribution in [0.15, 0.2) is 30.3 Å². The Bertz CT molecular complexity index is 595. The fourth-order valence-corrected chi connectivity index (χ4v) is 4.18. The third-order valence-corrected chi connectivity index (χ3v) is 5.79. The minimum absolute atomic E-state index is 0. The Balaban J connectivity index is 0.00000225. The Labute approximate surface area is 156 Å². The van der Waals surface area contributed by atoms with Crippen molar-refractivity contribution >= 4 is 24.1 Å². The van der Waals surface area contributed by atoms with Gasteiger partial charge in [0.05, 0.1) is 5.92 Å². The van der Waals surface area contributed by atoms with Crippen LogP contribution in [-0.2, 0) is 4.79 Å². The lowest BCUT2D eigenvalue weighted by Gasteiger charge is -2.41. The van der Waals surface area contributed by atoms with Gasteiger partial charge in [-0.1, -0.05) is 43.2 Å². The van der Waals surface area contributed by atoms with E-state index in [-0.39, 0.29) is 41.5 Å². The molecule has 5 heteroatoms. The van der Waals surface area contributed by atoms with Crippen LogP contribution < -0.4 is 5.73 Å². The molecule has 1 aliphatic heterocycles. The first kappa shape index (κ1) is 19.9. The Morgan fingerprint density at radius 1 is 1.08 bits per heavy atom. The van der Waals surface area contributed by atoms with Gasteiger partial charge in [-0.3, -0.25) is 9.59 Å². The van der Waals surface area contributed by atoms with Crippen LogP contribution in [0.3, 0.4) is 0 Å². The highest BCUT2D eigenvalue weighted by atomic mass is 35.5. The molecule has 1 heterocycles. The summed E-state index contributed by atoms with van der Waals surface area (Å²) in [6.07, 6.45) is 5.54. The molecule has 1 amide bonds. The van der Waals surface area contributed by atoms with E-state index in [9.17, 15) is 9.59 Å². The first-order valence-corrected chi connectivity index (χ1v) is 9.16. The van der Waals surface area contributed by atoms with Crippen molar-refractivity contribution in [1.29, 1.82) is 0 Å². The standard InChI is InChI=1S/C20H28N2O2.ClH/c1-20(21)12-6-5-9-17(20)19(24)22-13-10-16(11-14-22)18(23)15-7-3-2-4-8-15;/h2-4,7-8,16-17H,5-6,9-14,21H2,1H3;1H. The van der Waals surface area contributed by atoms with Crippen LogP contribution >= 0.6 is 12.4 Å². The molecule has 2 fully saturated rings. The number of hydrogen-bond donors (Lipinski definition) is 1. The predicted molar refractivity (Wildman–Crippen MR) is 102 cm³/mol. The van der Waals surface area contributed by atoms with Crippen LogP contribution in [0.2, 0.25) is 0 Å². The van der Waals surface area contributed by atoms with Gasteiger partial charge in [-0.15, -0.1) is 12.4 Å². The number of amides is 1. The fourth-order valence-electron chi connectivity index (χ4n) is 4.18. The van der Waals surface area contributed by atoms with Gasteiger partial charge >= 0.3 is 0 Å². The second-order valence-electron chi connectivity index (χ2n) is 7.63. The molecule has 2 unspecified atom stereocenters. The maximum absolute atomic E-state index is 12.9. The van der Waals surface area contributed by atoms with Crippen molar-refractivity contribution in [3.05, 3.63) is 35.9 Å². The molecule has 0 spiro atoms. The first-order valence-electron chi connectivity index (χ1n) is 9.16. The summed E-state index contributed by atoms with van der Waals surface area (Å²) in [4.78, 5) is 27.4. The zero-order valence-corrected chi connectivity index (χ0v) is 15.8. The van der Waals surface area contributed by atoms with E-state index in [2.05, 4.69) is 0 Å². The zero-order valence-electron chi connectivity index (χ0n) is 14.9. The second-order valence-corrected chi connectivity index (χ2v) is 7.63. The number of nitrogens with two attached hydrogens (primary N) is 1. The minimum atomic E-state index is -0.383. The van der Waals surface area contributed by atoms with Crippen LogP contribution in [0, 0.1) is 11.8 Å². The summed E-state index contributed by atoms with van der Waals surface area (Å²) in [6.45, 7) is 3.36. The van der Waals surface area contributed by atoms with E-state index in [1.165, 1.54) is 0 Å². The van der Waals surface area contributed by atoms with Crippen LogP contribution in [0.4, 0.5) is 0 Å². The highest BCUT2D eigenvalue weighted by Gasteiger charge is 2.40. The fraction of sp³-hybridized carbons (Fsp3) is 0.600. The molecule has 0 bridgehead atoms. The molecule has 1 aromatic rings. The summed E-state index contributed by atoms with van der Waals surface area (Å²) in [5, 5.41) is 0. The third-order valence-electron chi connectivity index (χ3n) is 5.79. The molecule has 1 saturated carbocycles. The summed E-state index contributed by atoms with van der Waals surface area (Å²) < 4.78 is 0. The number of carbonyl (C=O) groups excluding carboxylic acids is 2. The van der Waals surface area contributed by atoms with Crippen molar-refractivity contribution in [3.8, 4) is 0 Å². The van der Waals surface area contributed by atoms with E-state index in [4.69, 9.17) is 5.73 Å². The van der Waals surface area contributed by atoms with Crippen LogP contribution in [0.5, 0.6) is 0 Å². The number of ketones is 1. The zero-order chi connectivity index (χ0) is 17.2. The summed E-state index contributed by atoms with van der Waals surface area (Å²) in [5.74, 6) is 0.383. The van der Waals surface area contributed by atoms with Gasteiger partial charge in [0.2, 0.25) is 5.91 Å². The van der Waals surface area contributed by atoms with Gasteiger partial charge in [0.1, 0.15) is 0 Å². The van der Waals surface area contributed by atoms with Gasteiger partial charge in [-0.25, -0.2) is 0 Å². The van der Waals surface area contributed by atoms with E-state index in [1.807, 2.05) is 42.2 Å². The second kappa shape index (κ2) is 8.33. The van der Waals surface area contributed by atoms with E-state index in [0.29, 0.717) is 13.1 Å². The largest absolute Gasteiger partial charge is 0.342 e. The first-order chi connectivity index (χ1) is 11.5. The number of hydrogen-bond acceptors (Lipinski definition) is 3. The van der Waals surface area contributed by atoms with Gasteiger partial charge in [-0.05, 0) is 32.6 Å². The molecule has 2 atom stereocenters. The van der Waals surface area contributed by atoms with Crippen LogP contribution in [0.25, 0.3) is 0 Å². The maximum Gasteiger partial charge on any atom is 0.227 e. The molecule has 0 aromatic heterocycles. The average molecular weight is 365 g/mol. The topological polar surface area (TPSA) is 63.4 Å². The predicted octanol–water partition coefficient (Wildman–Crippen LogP) is 3.44. The Kier molecular flexibility index (Phi) is 6.64. The molecule has 3 rings (SSSR count). The average Bonchev–Trinajstić information content (AvgIpc) is 2.61. The van der Waals surface area contributed by atoms with Crippen LogP contribution in [-0.4, -0.2) is 35.2 Å². The van der Waals surface area contributed by atoms with E-state index in [1.54, 1.807) is 0 Å². The van der Waals surface area contributed by atoms with Crippen molar-refractivity contribution in [2.24, 2.45) is 17.6 Å². The SMILES string of the molecule is CC1(N)CCCCC1C(=O)N1CCC(C(=O)c2ccccc2)CC1.Cl. The van der Waals surface area contributed by atoms with Gasteiger partial charge in [-0.2, -0.15) is 0 Å². The van der Waals surface area contributed by atoms with Crippen molar-refractivity contribution < 1.29 is 9.59 Å². The van der Waals surface area contributed by atoms with Crippen molar-refractivity contribution in [2.45, 2.75) is 51.0 Å². The highest BCUT2D eigenvalue weighted by Crippen LogP contribution is 2.34. The van der Waals surface area contributed by atoms with Crippen molar-refractivity contribution in [2.75, 3.05) is 13.1 Å². The molecular weight excluding hydrogens is 336 g/mol. The lowest BCUT2D eigenvalue weighted by atomic mass is 9.73. The molecule has 4 nitrogen and oxygen atoms in total. The lowest BCUT2D eigenvalue weighted by molar-refractivity contribution is -0.140.